The lowest BCUT2D eigenvalue weighted by atomic mass is 10.0. The van der Waals surface area contributed by atoms with Crippen LogP contribution in [0, 0.1) is 6.92 Å². The zero-order valence-corrected chi connectivity index (χ0v) is 9.04. The summed E-state index contributed by atoms with van der Waals surface area (Å²) in [6, 6.07) is 4.01. The number of ether oxygens (including phenoxy) is 1. The third kappa shape index (κ3) is 1.59. The molecule has 0 aliphatic carbocycles. The van der Waals surface area contributed by atoms with Gasteiger partial charge >= 0.3 is 0 Å². The molecule has 0 aliphatic heterocycles. The number of hydrogen-bond acceptors (Lipinski definition) is 3. The van der Waals surface area contributed by atoms with Crippen LogP contribution in [-0.2, 0) is 6.42 Å². The first-order chi connectivity index (χ1) is 7.27. The quantitative estimate of drug-likeness (QED) is 0.836. The second-order valence-electron chi connectivity index (χ2n) is 3.59. The standard InChI is InChI=1S/C12H15NO2/c1-8-7-9(3-5-13)12(14-2)10-4-6-15-11(8)10/h4,6-7H,3,5,13H2,1-2H3. The van der Waals surface area contributed by atoms with Crippen LogP contribution in [-0.4, -0.2) is 13.7 Å². The van der Waals surface area contributed by atoms with Gasteiger partial charge in [0.15, 0.2) is 0 Å². The van der Waals surface area contributed by atoms with Gasteiger partial charge in [-0.1, -0.05) is 0 Å². The van der Waals surface area contributed by atoms with Gasteiger partial charge in [0.25, 0.3) is 0 Å². The van der Waals surface area contributed by atoms with Gasteiger partial charge in [-0.2, -0.15) is 0 Å². The Hall–Kier alpha value is -1.48. The van der Waals surface area contributed by atoms with E-state index in [0.717, 1.165) is 34.3 Å². The lowest BCUT2D eigenvalue weighted by Gasteiger charge is -2.10. The molecule has 1 aromatic carbocycles. The van der Waals surface area contributed by atoms with Gasteiger partial charge in [-0.05, 0) is 43.1 Å². The highest BCUT2D eigenvalue weighted by Gasteiger charge is 2.12. The number of furan rings is 1. The molecule has 80 valence electrons. The summed E-state index contributed by atoms with van der Waals surface area (Å²) in [5.41, 5.74) is 8.74. The molecule has 0 aliphatic rings. The van der Waals surface area contributed by atoms with Crippen molar-refractivity contribution in [2.45, 2.75) is 13.3 Å². The number of hydrogen-bond donors (Lipinski definition) is 1. The zero-order valence-electron chi connectivity index (χ0n) is 9.04. The molecule has 2 aromatic rings. The fraction of sp³-hybridized carbons (Fsp3) is 0.333. The summed E-state index contributed by atoms with van der Waals surface area (Å²) in [6.07, 6.45) is 2.51. The lowest BCUT2D eigenvalue weighted by Crippen LogP contribution is -2.04. The number of fused-ring (bicyclic) bond motifs is 1. The largest absolute Gasteiger partial charge is 0.496 e. The van der Waals surface area contributed by atoms with Gasteiger partial charge in [0, 0.05) is 0 Å². The Morgan fingerprint density at radius 1 is 1.47 bits per heavy atom. The van der Waals surface area contributed by atoms with Crippen molar-refractivity contribution in [1.82, 2.24) is 0 Å². The summed E-state index contributed by atoms with van der Waals surface area (Å²) in [5, 5.41) is 1.03. The van der Waals surface area contributed by atoms with Gasteiger partial charge in [0.05, 0.1) is 18.8 Å². The maximum atomic E-state index is 5.57. The van der Waals surface area contributed by atoms with Crippen LogP contribution >= 0.6 is 0 Å². The van der Waals surface area contributed by atoms with E-state index in [1.807, 2.05) is 13.0 Å². The Labute approximate surface area is 88.8 Å². The minimum atomic E-state index is 0.624. The van der Waals surface area contributed by atoms with Crippen LogP contribution in [0.3, 0.4) is 0 Å². The van der Waals surface area contributed by atoms with Gasteiger partial charge in [0.2, 0.25) is 0 Å². The summed E-state index contributed by atoms with van der Waals surface area (Å²) in [7, 11) is 1.68. The van der Waals surface area contributed by atoms with Crippen LogP contribution in [0.2, 0.25) is 0 Å². The molecule has 0 saturated heterocycles. The number of aryl methyl sites for hydroxylation is 1. The molecule has 1 heterocycles. The minimum absolute atomic E-state index is 0.624. The molecule has 0 radical (unpaired) electrons. The predicted molar refractivity (Wildman–Crippen MR) is 60.3 cm³/mol. The fourth-order valence-electron chi connectivity index (χ4n) is 1.94. The van der Waals surface area contributed by atoms with E-state index in [2.05, 4.69) is 6.07 Å². The maximum Gasteiger partial charge on any atom is 0.140 e. The van der Waals surface area contributed by atoms with E-state index in [-0.39, 0.29) is 0 Å². The number of nitrogens with two attached hydrogens (primary N) is 1. The number of methoxy groups -OCH3 is 1. The number of benzene rings is 1. The first-order valence-electron chi connectivity index (χ1n) is 5.01. The molecular weight excluding hydrogens is 190 g/mol. The van der Waals surface area contributed by atoms with E-state index in [9.17, 15) is 0 Å². The molecule has 1 aromatic heterocycles. The summed E-state index contributed by atoms with van der Waals surface area (Å²) in [4.78, 5) is 0. The SMILES string of the molecule is COc1c(CCN)cc(C)c2occc12. The molecule has 0 saturated carbocycles. The lowest BCUT2D eigenvalue weighted by molar-refractivity contribution is 0.414. The smallest absolute Gasteiger partial charge is 0.140 e. The molecule has 3 nitrogen and oxygen atoms in total. The molecule has 0 amide bonds. The van der Waals surface area contributed by atoms with E-state index >= 15 is 0 Å². The third-order valence-corrected chi connectivity index (χ3v) is 2.57. The summed E-state index contributed by atoms with van der Waals surface area (Å²) in [5.74, 6) is 0.884. The van der Waals surface area contributed by atoms with E-state index < -0.39 is 0 Å². The Morgan fingerprint density at radius 2 is 2.27 bits per heavy atom. The summed E-state index contributed by atoms with van der Waals surface area (Å²) in [6.45, 7) is 2.66. The molecule has 2 rings (SSSR count). The molecule has 0 spiro atoms. The Balaban J connectivity index is 2.69. The Kier molecular flexibility index (Phi) is 2.64. The average Bonchev–Trinajstić information content (AvgIpc) is 2.68. The molecule has 0 atom stereocenters. The zero-order chi connectivity index (χ0) is 10.8. The molecule has 15 heavy (non-hydrogen) atoms. The van der Waals surface area contributed by atoms with Crippen molar-refractivity contribution in [3.63, 3.8) is 0 Å². The number of rotatable bonds is 3. The third-order valence-electron chi connectivity index (χ3n) is 2.57. The van der Waals surface area contributed by atoms with Crippen molar-refractivity contribution < 1.29 is 9.15 Å². The van der Waals surface area contributed by atoms with Crippen LogP contribution in [0.25, 0.3) is 11.0 Å². The summed E-state index contributed by atoms with van der Waals surface area (Å²) < 4.78 is 10.8. The maximum absolute atomic E-state index is 5.57. The van der Waals surface area contributed by atoms with Crippen molar-refractivity contribution in [3.8, 4) is 5.75 Å². The topological polar surface area (TPSA) is 48.4 Å². The van der Waals surface area contributed by atoms with Crippen molar-refractivity contribution in [1.29, 1.82) is 0 Å². The Morgan fingerprint density at radius 3 is 2.93 bits per heavy atom. The van der Waals surface area contributed by atoms with Gasteiger partial charge < -0.3 is 14.9 Å². The second kappa shape index (κ2) is 3.95. The molecule has 0 bridgehead atoms. The van der Waals surface area contributed by atoms with Crippen molar-refractivity contribution in [2.24, 2.45) is 5.73 Å². The van der Waals surface area contributed by atoms with Gasteiger partial charge in [-0.3, -0.25) is 0 Å². The van der Waals surface area contributed by atoms with E-state index in [1.165, 1.54) is 0 Å². The van der Waals surface area contributed by atoms with E-state index in [0.29, 0.717) is 6.54 Å². The molecule has 2 N–H and O–H groups in total. The highest BCUT2D eigenvalue weighted by atomic mass is 16.5. The predicted octanol–water partition coefficient (Wildman–Crippen LogP) is 2.25. The molecule has 3 heteroatoms. The minimum Gasteiger partial charge on any atom is -0.496 e. The first kappa shape index (κ1) is 10.1. The molecule has 0 unspecified atom stereocenters. The van der Waals surface area contributed by atoms with Crippen molar-refractivity contribution >= 4 is 11.0 Å². The average molecular weight is 205 g/mol. The van der Waals surface area contributed by atoms with Crippen molar-refractivity contribution in [2.75, 3.05) is 13.7 Å². The highest BCUT2D eigenvalue weighted by molar-refractivity contribution is 5.88. The van der Waals surface area contributed by atoms with Gasteiger partial charge in [-0.25, -0.2) is 0 Å². The molecular formula is C12H15NO2. The first-order valence-corrected chi connectivity index (χ1v) is 5.01. The van der Waals surface area contributed by atoms with E-state index in [1.54, 1.807) is 13.4 Å². The van der Waals surface area contributed by atoms with Crippen LogP contribution in [0.4, 0.5) is 0 Å². The Bertz CT molecular complexity index is 474. The summed E-state index contributed by atoms with van der Waals surface area (Å²) >= 11 is 0. The van der Waals surface area contributed by atoms with E-state index in [4.69, 9.17) is 14.9 Å². The van der Waals surface area contributed by atoms with Crippen LogP contribution < -0.4 is 10.5 Å². The van der Waals surface area contributed by atoms with Crippen LogP contribution in [0.5, 0.6) is 5.75 Å². The molecule has 0 fully saturated rings. The second-order valence-corrected chi connectivity index (χ2v) is 3.59. The van der Waals surface area contributed by atoms with Gasteiger partial charge in [0.1, 0.15) is 11.3 Å². The van der Waals surface area contributed by atoms with Crippen LogP contribution in [0.15, 0.2) is 22.8 Å². The normalized spacial score (nSPS) is 10.9. The van der Waals surface area contributed by atoms with Gasteiger partial charge in [-0.15, -0.1) is 0 Å². The van der Waals surface area contributed by atoms with Crippen LogP contribution in [0.1, 0.15) is 11.1 Å². The highest BCUT2D eigenvalue weighted by Crippen LogP contribution is 2.33. The fourth-order valence-corrected chi connectivity index (χ4v) is 1.94. The van der Waals surface area contributed by atoms with Crippen molar-refractivity contribution in [3.05, 3.63) is 29.5 Å². The monoisotopic (exact) mass is 205 g/mol.